The van der Waals surface area contributed by atoms with E-state index in [1.54, 1.807) is 0 Å². The van der Waals surface area contributed by atoms with Crippen LogP contribution in [-0.2, 0) is 19.9 Å². The van der Waals surface area contributed by atoms with Gasteiger partial charge >= 0.3 is 0 Å². The zero-order chi connectivity index (χ0) is 19.9. The maximum Gasteiger partial charge on any atom is 0.243 e. The first-order chi connectivity index (χ1) is 13.3. The molecule has 2 aromatic carbocycles. The first-order valence-corrected chi connectivity index (χ1v) is 12.3. The van der Waals surface area contributed by atoms with Gasteiger partial charge in [-0.05, 0) is 54.8 Å². The molecular weight excluding hydrogens is 402 g/mol. The lowest BCUT2D eigenvalue weighted by molar-refractivity contribution is 0.171. The number of hydrogen-bond donors (Lipinski definition) is 0. The van der Waals surface area contributed by atoms with E-state index in [0.717, 1.165) is 18.2 Å². The molecule has 2 aromatic rings. The quantitative estimate of drug-likeness (QED) is 0.750. The number of benzene rings is 2. The molecule has 0 N–H and O–H groups in total. The van der Waals surface area contributed by atoms with Crippen molar-refractivity contribution in [2.45, 2.75) is 28.7 Å². The predicted molar refractivity (Wildman–Crippen MR) is 103 cm³/mol. The van der Waals surface area contributed by atoms with Gasteiger partial charge in [0.1, 0.15) is 13.2 Å². The van der Waals surface area contributed by atoms with Gasteiger partial charge in [-0.1, -0.05) is 6.07 Å². The third-order valence-electron chi connectivity index (χ3n) is 5.01. The first-order valence-electron chi connectivity index (χ1n) is 8.98. The van der Waals surface area contributed by atoms with Crippen LogP contribution in [0.5, 0.6) is 11.5 Å². The molecule has 0 spiro atoms. The molecule has 4 rings (SSSR count). The first kappa shape index (κ1) is 19.2. The number of sulfone groups is 1. The maximum absolute atomic E-state index is 13.2. The van der Waals surface area contributed by atoms with E-state index in [1.165, 1.54) is 28.6 Å². The zero-order valence-corrected chi connectivity index (χ0v) is 17.0. The Balaban J connectivity index is 1.65. The molecule has 2 aliphatic heterocycles. The Bertz CT molecular complexity index is 1090. The zero-order valence-electron chi connectivity index (χ0n) is 15.4. The van der Waals surface area contributed by atoms with Crippen molar-refractivity contribution in [1.82, 2.24) is 4.31 Å². The summed E-state index contributed by atoms with van der Waals surface area (Å²) in [5.74, 6) is 1.30. The van der Waals surface area contributed by atoms with Crippen LogP contribution in [0.2, 0.25) is 0 Å². The molecule has 28 heavy (non-hydrogen) atoms. The summed E-state index contributed by atoms with van der Waals surface area (Å²) in [4.78, 5) is 0.181. The van der Waals surface area contributed by atoms with Crippen molar-refractivity contribution in [3.8, 4) is 11.5 Å². The average Bonchev–Trinajstić information content (AvgIpc) is 3.18. The van der Waals surface area contributed by atoms with Gasteiger partial charge in [-0.25, -0.2) is 16.8 Å². The summed E-state index contributed by atoms with van der Waals surface area (Å²) in [5, 5.41) is 0. The van der Waals surface area contributed by atoms with Crippen molar-refractivity contribution >= 4 is 19.9 Å². The van der Waals surface area contributed by atoms with E-state index in [-0.39, 0.29) is 15.8 Å². The second kappa shape index (κ2) is 7.06. The Morgan fingerprint density at radius 2 is 1.54 bits per heavy atom. The van der Waals surface area contributed by atoms with Crippen LogP contribution in [0.4, 0.5) is 0 Å². The molecule has 1 unspecified atom stereocenters. The van der Waals surface area contributed by atoms with E-state index >= 15 is 0 Å². The van der Waals surface area contributed by atoms with E-state index in [0.29, 0.717) is 37.7 Å². The molecule has 0 bridgehead atoms. The maximum atomic E-state index is 13.2. The van der Waals surface area contributed by atoms with Crippen LogP contribution < -0.4 is 9.47 Å². The molecule has 0 saturated carbocycles. The third kappa shape index (κ3) is 3.49. The van der Waals surface area contributed by atoms with Crippen LogP contribution >= 0.6 is 0 Å². The van der Waals surface area contributed by atoms with E-state index < -0.39 is 19.9 Å². The molecular formula is C19H21NO6S2. The second-order valence-electron chi connectivity index (χ2n) is 6.92. The molecule has 2 heterocycles. The van der Waals surface area contributed by atoms with Crippen LogP contribution in [0.15, 0.2) is 52.3 Å². The van der Waals surface area contributed by atoms with Crippen LogP contribution in [0.25, 0.3) is 0 Å². The fourth-order valence-corrected chi connectivity index (χ4v) is 5.94. The van der Waals surface area contributed by atoms with Crippen LogP contribution in [0, 0.1) is 0 Å². The molecule has 1 saturated heterocycles. The molecule has 0 aliphatic carbocycles. The van der Waals surface area contributed by atoms with Gasteiger partial charge in [-0.3, -0.25) is 0 Å². The van der Waals surface area contributed by atoms with Crippen molar-refractivity contribution in [3.05, 3.63) is 48.0 Å². The highest BCUT2D eigenvalue weighted by atomic mass is 32.2. The Hall–Kier alpha value is -2.10. The SMILES string of the molecule is CS(=O)(=O)c1ccc(S(=O)(=O)N2CCCC2c2ccc3c(c2)OCCO3)cc1. The molecule has 7 nitrogen and oxygen atoms in total. The van der Waals surface area contributed by atoms with Gasteiger partial charge in [0.15, 0.2) is 21.3 Å². The van der Waals surface area contributed by atoms with E-state index in [1.807, 2.05) is 18.2 Å². The lowest BCUT2D eigenvalue weighted by atomic mass is 10.0. The minimum atomic E-state index is -3.75. The van der Waals surface area contributed by atoms with Gasteiger partial charge in [0.05, 0.1) is 15.8 Å². The van der Waals surface area contributed by atoms with Crippen molar-refractivity contribution in [2.75, 3.05) is 26.0 Å². The Morgan fingerprint density at radius 1 is 0.893 bits per heavy atom. The molecule has 0 amide bonds. The van der Waals surface area contributed by atoms with E-state index in [9.17, 15) is 16.8 Å². The lowest BCUT2D eigenvalue weighted by Gasteiger charge is -2.26. The normalized spacial score (nSPS) is 20.2. The Labute approximate surface area is 164 Å². The Kier molecular flexibility index (Phi) is 4.84. The molecule has 1 atom stereocenters. The standard InChI is InChI=1S/C19H21NO6S2/c1-27(21,22)15-5-7-16(8-6-15)28(23,24)20-10-2-3-17(20)14-4-9-18-19(13-14)26-12-11-25-18/h4-9,13,17H,2-3,10-12H2,1H3. The molecule has 0 aromatic heterocycles. The lowest BCUT2D eigenvalue weighted by Crippen LogP contribution is -2.30. The second-order valence-corrected chi connectivity index (χ2v) is 10.8. The highest BCUT2D eigenvalue weighted by molar-refractivity contribution is 7.90. The summed E-state index contributed by atoms with van der Waals surface area (Å²) in [5.41, 5.74) is 0.859. The topological polar surface area (TPSA) is 90.0 Å². The summed E-state index contributed by atoms with van der Waals surface area (Å²) in [7, 11) is -7.13. The fourth-order valence-electron chi connectivity index (χ4n) is 3.62. The van der Waals surface area contributed by atoms with Gasteiger partial charge in [-0.15, -0.1) is 0 Å². The van der Waals surface area contributed by atoms with Gasteiger partial charge in [0.2, 0.25) is 10.0 Å². The molecule has 0 radical (unpaired) electrons. The Morgan fingerprint density at radius 3 is 2.21 bits per heavy atom. The highest BCUT2D eigenvalue weighted by Gasteiger charge is 2.36. The monoisotopic (exact) mass is 423 g/mol. The van der Waals surface area contributed by atoms with Crippen molar-refractivity contribution in [1.29, 1.82) is 0 Å². The highest BCUT2D eigenvalue weighted by Crippen LogP contribution is 2.40. The summed E-state index contributed by atoms with van der Waals surface area (Å²) in [6.07, 6.45) is 2.55. The van der Waals surface area contributed by atoms with E-state index in [4.69, 9.17) is 9.47 Å². The van der Waals surface area contributed by atoms with Crippen molar-refractivity contribution in [3.63, 3.8) is 0 Å². The molecule has 1 fully saturated rings. The summed E-state index contributed by atoms with van der Waals surface area (Å²) >= 11 is 0. The summed E-state index contributed by atoms with van der Waals surface area (Å²) in [6, 6.07) is 10.6. The number of rotatable bonds is 4. The average molecular weight is 424 g/mol. The minimum Gasteiger partial charge on any atom is -0.486 e. The smallest absolute Gasteiger partial charge is 0.243 e. The number of hydrogen-bond acceptors (Lipinski definition) is 6. The van der Waals surface area contributed by atoms with Crippen molar-refractivity contribution < 1.29 is 26.3 Å². The van der Waals surface area contributed by atoms with Crippen LogP contribution in [-0.4, -0.2) is 47.2 Å². The largest absolute Gasteiger partial charge is 0.486 e. The van der Waals surface area contributed by atoms with Crippen molar-refractivity contribution in [2.24, 2.45) is 0 Å². The van der Waals surface area contributed by atoms with E-state index in [2.05, 4.69) is 0 Å². The van der Waals surface area contributed by atoms with Gasteiger partial charge in [0, 0.05) is 12.8 Å². The third-order valence-corrected chi connectivity index (χ3v) is 8.06. The summed E-state index contributed by atoms with van der Waals surface area (Å²) in [6.45, 7) is 1.38. The molecule has 150 valence electrons. The summed E-state index contributed by atoms with van der Waals surface area (Å²) < 4.78 is 62.3. The minimum absolute atomic E-state index is 0.0874. The van der Waals surface area contributed by atoms with Gasteiger partial charge < -0.3 is 9.47 Å². The number of ether oxygens (including phenoxy) is 2. The van der Waals surface area contributed by atoms with Gasteiger partial charge in [-0.2, -0.15) is 4.31 Å². The number of fused-ring (bicyclic) bond motifs is 1. The fraction of sp³-hybridized carbons (Fsp3) is 0.368. The predicted octanol–water partition coefficient (Wildman–Crippen LogP) is 2.39. The molecule has 2 aliphatic rings. The number of nitrogens with zero attached hydrogens (tertiary/aromatic N) is 1. The number of sulfonamides is 1. The van der Waals surface area contributed by atoms with Gasteiger partial charge in [0.25, 0.3) is 0 Å². The van der Waals surface area contributed by atoms with Crippen LogP contribution in [0.3, 0.4) is 0 Å². The molecule has 9 heteroatoms. The van der Waals surface area contributed by atoms with Crippen LogP contribution in [0.1, 0.15) is 24.4 Å².